The number of aromatic nitrogens is 3. The highest BCUT2D eigenvalue weighted by Crippen LogP contribution is 2.33. The fourth-order valence-electron chi connectivity index (χ4n) is 3.80. The molecule has 1 saturated heterocycles. The summed E-state index contributed by atoms with van der Waals surface area (Å²) < 4.78 is 13.4. The number of amides is 1. The normalized spacial score (nSPS) is 16.7. The molecule has 0 bridgehead atoms. The molecule has 4 rings (SSSR count). The van der Waals surface area contributed by atoms with Crippen molar-refractivity contribution in [1.29, 1.82) is 0 Å². The van der Waals surface area contributed by atoms with Gasteiger partial charge in [-0.05, 0) is 61.2 Å². The van der Waals surface area contributed by atoms with E-state index in [-0.39, 0.29) is 17.6 Å². The van der Waals surface area contributed by atoms with Crippen molar-refractivity contribution in [3.05, 3.63) is 84.0 Å². The Balaban J connectivity index is 1.56. The first-order chi connectivity index (χ1) is 14.6. The summed E-state index contributed by atoms with van der Waals surface area (Å²) in [6, 6.07) is 10.1. The maximum absolute atomic E-state index is 13.4. The van der Waals surface area contributed by atoms with Gasteiger partial charge in [0, 0.05) is 49.2 Å². The zero-order valence-electron chi connectivity index (χ0n) is 16.8. The Labute approximate surface area is 175 Å². The fourth-order valence-corrected chi connectivity index (χ4v) is 3.80. The molecule has 0 spiro atoms. The number of nitrogens with zero attached hydrogens (tertiary/aromatic N) is 4. The van der Waals surface area contributed by atoms with Crippen LogP contribution >= 0.6 is 0 Å². The Morgan fingerprint density at radius 2 is 1.93 bits per heavy atom. The number of rotatable bonds is 4. The van der Waals surface area contributed by atoms with Crippen LogP contribution in [0.25, 0.3) is 17.2 Å². The molecule has 1 unspecified atom stereocenters. The van der Waals surface area contributed by atoms with Gasteiger partial charge in [-0.15, -0.1) is 0 Å². The molecule has 1 aliphatic heterocycles. The molecular weight excluding hydrogens is 379 g/mol. The lowest BCUT2D eigenvalue weighted by atomic mass is 9.89. The zero-order chi connectivity index (χ0) is 20.9. The molecule has 1 aliphatic rings. The molecule has 2 aromatic heterocycles. The molecule has 30 heavy (non-hydrogen) atoms. The number of benzene rings is 1. The highest BCUT2D eigenvalue weighted by molar-refractivity contribution is 5.91. The molecule has 152 valence electrons. The van der Waals surface area contributed by atoms with Crippen molar-refractivity contribution >= 4 is 12.0 Å². The van der Waals surface area contributed by atoms with Gasteiger partial charge in [-0.2, -0.15) is 0 Å². The minimum atomic E-state index is -0.274. The number of aryl methyl sites for hydroxylation is 1. The van der Waals surface area contributed by atoms with Crippen LogP contribution in [-0.4, -0.2) is 38.8 Å². The maximum atomic E-state index is 13.4. The van der Waals surface area contributed by atoms with Crippen molar-refractivity contribution in [3.8, 4) is 11.1 Å². The van der Waals surface area contributed by atoms with Crippen molar-refractivity contribution in [2.45, 2.75) is 25.7 Å². The smallest absolute Gasteiger partial charge is 0.246 e. The van der Waals surface area contributed by atoms with E-state index in [1.165, 1.54) is 12.1 Å². The Morgan fingerprint density at radius 3 is 2.70 bits per heavy atom. The number of hydrogen-bond donors (Lipinski definition) is 0. The van der Waals surface area contributed by atoms with Crippen LogP contribution < -0.4 is 0 Å². The van der Waals surface area contributed by atoms with E-state index in [0.717, 1.165) is 41.8 Å². The van der Waals surface area contributed by atoms with Crippen LogP contribution in [0.1, 0.15) is 35.8 Å². The zero-order valence-corrected chi connectivity index (χ0v) is 16.8. The van der Waals surface area contributed by atoms with E-state index in [1.54, 1.807) is 36.8 Å². The number of likely N-dealkylation sites (tertiary alicyclic amines) is 1. The Bertz CT molecular complexity index is 1050. The van der Waals surface area contributed by atoms with E-state index >= 15 is 0 Å². The third-order valence-corrected chi connectivity index (χ3v) is 5.34. The number of carbonyl (C=O) groups excluding carboxylic acids is 1. The van der Waals surface area contributed by atoms with E-state index in [1.807, 2.05) is 30.0 Å². The quantitative estimate of drug-likeness (QED) is 0.607. The number of hydrogen-bond acceptors (Lipinski definition) is 4. The largest absolute Gasteiger partial charge is 0.338 e. The summed E-state index contributed by atoms with van der Waals surface area (Å²) in [6.07, 6.45) is 10.5. The molecule has 6 heteroatoms. The van der Waals surface area contributed by atoms with Crippen LogP contribution in [0.3, 0.4) is 0 Å². The van der Waals surface area contributed by atoms with Gasteiger partial charge in [-0.3, -0.25) is 9.78 Å². The second kappa shape index (κ2) is 8.95. The van der Waals surface area contributed by atoms with E-state index in [0.29, 0.717) is 12.4 Å². The number of carbonyl (C=O) groups is 1. The van der Waals surface area contributed by atoms with E-state index in [4.69, 9.17) is 4.98 Å². The van der Waals surface area contributed by atoms with Crippen molar-refractivity contribution in [1.82, 2.24) is 19.9 Å². The van der Waals surface area contributed by atoms with Gasteiger partial charge in [0.25, 0.3) is 0 Å². The summed E-state index contributed by atoms with van der Waals surface area (Å²) in [5, 5.41) is 0. The molecular formula is C24H23FN4O. The Hall–Kier alpha value is -3.41. The van der Waals surface area contributed by atoms with Gasteiger partial charge in [0.15, 0.2) is 0 Å². The average molecular weight is 402 g/mol. The molecule has 0 radical (unpaired) electrons. The standard InChI is InChI=1S/C24H23FN4O/c1-17-27-15-22(19-5-7-21(25)8-6-19)24(28-17)20-3-2-14-29(16-20)23(30)9-4-18-10-12-26-13-11-18/h4-13,15,20H,2-3,14,16H2,1H3/b9-4+. The number of halogens is 1. The predicted molar refractivity (Wildman–Crippen MR) is 114 cm³/mol. The first-order valence-corrected chi connectivity index (χ1v) is 10.1. The van der Waals surface area contributed by atoms with Crippen molar-refractivity contribution in [3.63, 3.8) is 0 Å². The van der Waals surface area contributed by atoms with Crippen molar-refractivity contribution < 1.29 is 9.18 Å². The highest BCUT2D eigenvalue weighted by Gasteiger charge is 2.27. The lowest BCUT2D eigenvalue weighted by Gasteiger charge is -2.32. The summed E-state index contributed by atoms with van der Waals surface area (Å²) >= 11 is 0. The van der Waals surface area contributed by atoms with Gasteiger partial charge in [-0.25, -0.2) is 14.4 Å². The SMILES string of the molecule is Cc1ncc(-c2ccc(F)cc2)c(C2CCCN(C(=O)/C=C/c3ccncc3)C2)n1. The fraction of sp³-hybridized carbons (Fsp3) is 0.250. The van der Waals surface area contributed by atoms with Gasteiger partial charge in [0.1, 0.15) is 11.6 Å². The van der Waals surface area contributed by atoms with Crippen LogP contribution in [0.15, 0.2) is 61.1 Å². The average Bonchev–Trinajstić information content (AvgIpc) is 2.79. The molecule has 1 fully saturated rings. The predicted octanol–water partition coefficient (Wildman–Crippen LogP) is 4.41. The van der Waals surface area contributed by atoms with Crippen LogP contribution in [0.5, 0.6) is 0 Å². The first kappa shape index (κ1) is 19.9. The van der Waals surface area contributed by atoms with Gasteiger partial charge >= 0.3 is 0 Å². The second-order valence-corrected chi connectivity index (χ2v) is 7.46. The molecule has 5 nitrogen and oxygen atoms in total. The van der Waals surface area contributed by atoms with Crippen molar-refractivity contribution in [2.75, 3.05) is 13.1 Å². The second-order valence-electron chi connectivity index (χ2n) is 7.46. The Morgan fingerprint density at radius 1 is 1.17 bits per heavy atom. The molecule has 1 atom stereocenters. The van der Waals surface area contributed by atoms with Crippen molar-refractivity contribution in [2.24, 2.45) is 0 Å². The summed E-state index contributed by atoms with van der Waals surface area (Å²) in [7, 11) is 0. The molecule has 0 saturated carbocycles. The summed E-state index contributed by atoms with van der Waals surface area (Å²) in [5.41, 5.74) is 3.64. The minimum Gasteiger partial charge on any atom is -0.338 e. The monoisotopic (exact) mass is 402 g/mol. The van der Waals surface area contributed by atoms with Gasteiger partial charge in [0.2, 0.25) is 5.91 Å². The molecule has 1 amide bonds. The van der Waals surface area contributed by atoms with Crippen LogP contribution in [-0.2, 0) is 4.79 Å². The van der Waals surface area contributed by atoms with E-state index in [9.17, 15) is 9.18 Å². The topological polar surface area (TPSA) is 59.0 Å². The Kier molecular flexibility index (Phi) is 5.93. The molecule has 1 aromatic carbocycles. The lowest BCUT2D eigenvalue weighted by Crippen LogP contribution is -2.38. The third-order valence-electron chi connectivity index (χ3n) is 5.34. The lowest BCUT2D eigenvalue weighted by molar-refractivity contribution is -0.127. The van der Waals surface area contributed by atoms with Crippen LogP contribution in [0, 0.1) is 12.7 Å². The third kappa shape index (κ3) is 4.59. The summed E-state index contributed by atoms with van der Waals surface area (Å²) in [6.45, 7) is 3.19. The van der Waals surface area contributed by atoms with E-state index < -0.39 is 0 Å². The molecule has 0 N–H and O–H groups in total. The van der Waals surface area contributed by atoms with Crippen LogP contribution in [0.4, 0.5) is 4.39 Å². The summed E-state index contributed by atoms with van der Waals surface area (Å²) in [5.74, 6) is 0.519. The molecule has 3 aromatic rings. The maximum Gasteiger partial charge on any atom is 0.246 e. The summed E-state index contributed by atoms with van der Waals surface area (Å²) in [4.78, 5) is 27.7. The van der Waals surface area contributed by atoms with Gasteiger partial charge < -0.3 is 4.90 Å². The van der Waals surface area contributed by atoms with Gasteiger partial charge in [0.05, 0.1) is 5.69 Å². The number of piperidine rings is 1. The van der Waals surface area contributed by atoms with E-state index in [2.05, 4.69) is 9.97 Å². The van der Waals surface area contributed by atoms with Crippen LogP contribution in [0.2, 0.25) is 0 Å². The number of pyridine rings is 1. The van der Waals surface area contributed by atoms with Gasteiger partial charge in [-0.1, -0.05) is 12.1 Å². The minimum absolute atomic E-state index is 0.00868. The first-order valence-electron chi connectivity index (χ1n) is 10.1. The highest BCUT2D eigenvalue weighted by atomic mass is 19.1. The molecule has 3 heterocycles. The molecule has 0 aliphatic carbocycles.